The fourth-order valence-corrected chi connectivity index (χ4v) is 2.10. The van der Waals surface area contributed by atoms with Crippen LogP contribution in [0, 0.1) is 0 Å². The van der Waals surface area contributed by atoms with Gasteiger partial charge in [0.2, 0.25) is 5.91 Å². The molecule has 108 valence electrons. The predicted octanol–water partition coefficient (Wildman–Crippen LogP) is -0.311. The van der Waals surface area contributed by atoms with Gasteiger partial charge in [0.1, 0.15) is 5.54 Å². The van der Waals surface area contributed by atoms with Gasteiger partial charge in [-0.15, -0.1) is 0 Å². The topological polar surface area (TPSA) is 106 Å². The Hall–Kier alpha value is -2.15. The van der Waals surface area contributed by atoms with E-state index in [0.29, 0.717) is 30.8 Å². The van der Waals surface area contributed by atoms with Crippen LogP contribution in [0.4, 0.5) is 5.69 Å². The lowest BCUT2D eigenvalue weighted by Gasteiger charge is -2.27. The van der Waals surface area contributed by atoms with Crippen molar-refractivity contribution in [2.75, 3.05) is 25.5 Å². The molecular weight excluding hydrogens is 260 g/mol. The number of carbonyl (C=O) groups excluding carboxylic acids is 2. The monoisotopic (exact) mass is 278 g/mol. The number of likely N-dealkylation sites (N-methyl/N-ethyl adjacent to an activating group) is 1. The maximum atomic E-state index is 12.2. The Bertz CT molecular complexity index is 512. The first-order valence-electron chi connectivity index (χ1n) is 6.46. The number of ether oxygens (including phenoxy) is 1. The molecule has 1 aliphatic rings. The number of carbonyl (C=O) groups is 2. The van der Waals surface area contributed by atoms with E-state index >= 15 is 0 Å². The Kier molecular flexibility index (Phi) is 4.19. The van der Waals surface area contributed by atoms with E-state index in [9.17, 15) is 9.59 Å². The van der Waals surface area contributed by atoms with E-state index in [4.69, 9.17) is 10.5 Å². The number of pyridine rings is 1. The first kappa shape index (κ1) is 14.3. The molecule has 7 heteroatoms. The molecule has 0 spiro atoms. The number of amides is 2. The molecule has 1 aromatic heterocycles. The maximum absolute atomic E-state index is 12.2. The zero-order valence-electron chi connectivity index (χ0n) is 11.3. The molecule has 0 unspecified atom stereocenters. The van der Waals surface area contributed by atoms with Gasteiger partial charge >= 0.3 is 0 Å². The second-order valence-electron chi connectivity index (χ2n) is 4.71. The van der Waals surface area contributed by atoms with Gasteiger partial charge in [-0.05, 0) is 13.0 Å². The number of nitrogen functional groups attached to an aromatic ring is 1. The minimum atomic E-state index is -1.02. The van der Waals surface area contributed by atoms with Gasteiger partial charge in [-0.1, -0.05) is 0 Å². The molecule has 1 fully saturated rings. The molecule has 1 aromatic rings. The molecule has 1 saturated heterocycles. The smallest absolute Gasteiger partial charge is 0.253 e. The van der Waals surface area contributed by atoms with Gasteiger partial charge in [0, 0.05) is 32.0 Å². The van der Waals surface area contributed by atoms with E-state index in [1.807, 2.05) is 6.92 Å². The number of nitrogens with two attached hydrogens (primary N) is 1. The summed E-state index contributed by atoms with van der Waals surface area (Å²) in [5.74, 6) is -0.621. The Morgan fingerprint density at radius 2 is 2.30 bits per heavy atom. The molecule has 1 atom stereocenters. The normalized spacial score (nSPS) is 21.4. The van der Waals surface area contributed by atoms with E-state index in [0.717, 1.165) is 0 Å². The van der Waals surface area contributed by atoms with Gasteiger partial charge in [-0.3, -0.25) is 14.6 Å². The van der Waals surface area contributed by atoms with Crippen LogP contribution in [0.1, 0.15) is 23.7 Å². The molecule has 20 heavy (non-hydrogen) atoms. The van der Waals surface area contributed by atoms with Crippen molar-refractivity contribution in [2.24, 2.45) is 0 Å². The van der Waals surface area contributed by atoms with Crippen molar-refractivity contribution in [3.05, 3.63) is 24.0 Å². The van der Waals surface area contributed by atoms with Crippen molar-refractivity contribution in [2.45, 2.75) is 18.9 Å². The summed E-state index contributed by atoms with van der Waals surface area (Å²) in [5.41, 5.74) is 5.30. The van der Waals surface area contributed by atoms with Gasteiger partial charge in [0.05, 0.1) is 17.9 Å². The predicted molar refractivity (Wildman–Crippen MR) is 73.0 cm³/mol. The zero-order valence-corrected chi connectivity index (χ0v) is 11.3. The Morgan fingerprint density at radius 3 is 2.90 bits per heavy atom. The highest BCUT2D eigenvalue weighted by Crippen LogP contribution is 2.20. The summed E-state index contributed by atoms with van der Waals surface area (Å²) in [7, 11) is 0. The van der Waals surface area contributed by atoms with Crippen molar-refractivity contribution in [1.82, 2.24) is 15.6 Å². The van der Waals surface area contributed by atoms with Crippen LogP contribution in [0.15, 0.2) is 18.5 Å². The van der Waals surface area contributed by atoms with Crippen molar-refractivity contribution < 1.29 is 14.3 Å². The quantitative estimate of drug-likeness (QED) is 0.700. The number of anilines is 1. The minimum absolute atomic E-state index is 0.167. The van der Waals surface area contributed by atoms with Crippen molar-refractivity contribution in [3.8, 4) is 0 Å². The molecule has 1 aliphatic heterocycles. The van der Waals surface area contributed by atoms with Crippen LogP contribution in [0.3, 0.4) is 0 Å². The third-order valence-corrected chi connectivity index (χ3v) is 3.17. The van der Waals surface area contributed by atoms with E-state index in [2.05, 4.69) is 15.6 Å². The van der Waals surface area contributed by atoms with Gasteiger partial charge in [0.15, 0.2) is 0 Å². The molecule has 2 rings (SSSR count). The summed E-state index contributed by atoms with van der Waals surface area (Å²) < 4.78 is 5.27. The number of nitrogens with one attached hydrogen (secondary N) is 2. The summed E-state index contributed by atoms with van der Waals surface area (Å²) in [6, 6.07) is 1.52. The second-order valence-corrected chi connectivity index (χ2v) is 4.71. The van der Waals surface area contributed by atoms with Crippen LogP contribution in [0.2, 0.25) is 0 Å². The molecule has 0 aliphatic carbocycles. The highest BCUT2D eigenvalue weighted by molar-refractivity contribution is 5.99. The molecule has 0 bridgehead atoms. The lowest BCUT2D eigenvalue weighted by Crippen LogP contribution is -2.59. The molecule has 0 aromatic carbocycles. The summed E-state index contributed by atoms with van der Waals surface area (Å²) in [6.07, 6.45) is 3.31. The van der Waals surface area contributed by atoms with Gasteiger partial charge in [-0.25, -0.2) is 0 Å². The van der Waals surface area contributed by atoms with Crippen LogP contribution >= 0.6 is 0 Å². The number of hydrogen-bond donors (Lipinski definition) is 3. The first-order chi connectivity index (χ1) is 9.57. The molecular formula is C13H18N4O3. The number of nitrogens with zero attached hydrogens (tertiary/aromatic N) is 1. The number of rotatable bonds is 4. The zero-order chi connectivity index (χ0) is 14.6. The second kappa shape index (κ2) is 5.87. The van der Waals surface area contributed by atoms with Gasteiger partial charge in [-0.2, -0.15) is 0 Å². The maximum Gasteiger partial charge on any atom is 0.253 e. The van der Waals surface area contributed by atoms with E-state index < -0.39 is 5.54 Å². The SMILES string of the molecule is CCNC(=O)[C@]1(NC(=O)c2cncc(N)c2)CCOC1. The largest absolute Gasteiger partial charge is 0.397 e. The van der Waals surface area contributed by atoms with Crippen LogP contribution in [-0.4, -0.2) is 42.1 Å². The fraction of sp³-hybridized carbons (Fsp3) is 0.462. The number of aromatic nitrogens is 1. The Morgan fingerprint density at radius 1 is 1.50 bits per heavy atom. The summed E-state index contributed by atoms with van der Waals surface area (Å²) in [4.78, 5) is 28.2. The van der Waals surface area contributed by atoms with Crippen molar-refractivity contribution in [1.29, 1.82) is 0 Å². The van der Waals surface area contributed by atoms with Gasteiger partial charge in [0.25, 0.3) is 5.91 Å². The van der Waals surface area contributed by atoms with Crippen LogP contribution in [0.25, 0.3) is 0 Å². The van der Waals surface area contributed by atoms with E-state index in [1.54, 1.807) is 0 Å². The summed E-state index contributed by atoms with van der Waals surface area (Å²) in [5, 5.41) is 5.47. The summed E-state index contributed by atoms with van der Waals surface area (Å²) in [6.45, 7) is 2.92. The Labute approximate surface area is 116 Å². The highest BCUT2D eigenvalue weighted by Gasteiger charge is 2.43. The lowest BCUT2D eigenvalue weighted by molar-refractivity contribution is -0.127. The van der Waals surface area contributed by atoms with Crippen molar-refractivity contribution in [3.63, 3.8) is 0 Å². The highest BCUT2D eigenvalue weighted by atomic mass is 16.5. The third-order valence-electron chi connectivity index (χ3n) is 3.17. The first-order valence-corrected chi connectivity index (χ1v) is 6.46. The molecule has 2 amide bonds. The molecule has 4 N–H and O–H groups in total. The van der Waals surface area contributed by atoms with Crippen molar-refractivity contribution >= 4 is 17.5 Å². The standard InChI is InChI=1S/C13H18N4O3/c1-2-16-12(19)13(3-4-20-8-13)17-11(18)9-5-10(14)7-15-6-9/h5-7H,2-4,8,14H2,1H3,(H,16,19)(H,17,18)/t13-/m0/s1. The van der Waals surface area contributed by atoms with E-state index in [-0.39, 0.29) is 18.4 Å². The van der Waals surface area contributed by atoms with Gasteiger partial charge < -0.3 is 21.1 Å². The van der Waals surface area contributed by atoms with Crippen LogP contribution in [0.5, 0.6) is 0 Å². The summed E-state index contributed by atoms with van der Waals surface area (Å²) >= 11 is 0. The minimum Gasteiger partial charge on any atom is -0.397 e. The van der Waals surface area contributed by atoms with Crippen LogP contribution in [-0.2, 0) is 9.53 Å². The average Bonchev–Trinajstić information content (AvgIpc) is 2.89. The van der Waals surface area contributed by atoms with E-state index in [1.165, 1.54) is 18.5 Å². The number of hydrogen-bond acceptors (Lipinski definition) is 5. The lowest BCUT2D eigenvalue weighted by atomic mass is 9.96. The Balaban J connectivity index is 2.16. The van der Waals surface area contributed by atoms with Crippen LogP contribution < -0.4 is 16.4 Å². The third kappa shape index (κ3) is 2.88. The molecule has 7 nitrogen and oxygen atoms in total. The molecule has 2 heterocycles. The fourth-order valence-electron chi connectivity index (χ4n) is 2.10. The molecule has 0 radical (unpaired) electrons. The molecule has 0 saturated carbocycles. The average molecular weight is 278 g/mol.